The maximum absolute atomic E-state index is 14.0. The van der Waals surface area contributed by atoms with Crippen LogP contribution in [-0.4, -0.2) is 95.8 Å². The highest BCUT2D eigenvalue weighted by Gasteiger charge is 2.38. The number of rotatable bonds is 20. The van der Waals surface area contributed by atoms with Crippen LogP contribution in [0.25, 0.3) is 0 Å². The molecule has 0 unspecified atom stereocenters. The number of hydrogen-bond acceptors (Lipinski definition) is 12. The van der Waals surface area contributed by atoms with Crippen LogP contribution in [0, 0.1) is 11.8 Å². The molecule has 0 saturated carbocycles. The zero-order valence-electron chi connectivity index (χ0n) is 30.5. The third kappa shape index (κ3) is 10.4. The molecule has 284 valence electrons. The van der Waals surface area contributed by atoms with Crippen molar-refractivity contribution in [3.05, 3.63) is 46.5 Å². The summed E-state index contributed by atoms with van der Waals surface area (Å²) in [7, 11) is 0. The van der Waals surface area contributed by atoms with Crippen molar-refractivity contribution in [2.45, 2.75) is 78.6 Å². The van der Waals surface area contributed by atoms with Crippen molar-refractivity contribution in [1.29, 1.82) is 0 Å². The highest BCUT2D eigenvalue weighted by molar-refractivity contribution is 6.33. The number of nitrogens with two attached hydrogens (primary N) is 2. The number of carbonyl (C=O) groups excluding carboxylic acids is 6. The van der Waals surface area contributed by atoms with Gasteiger partial charge in [-0.15, -0.1) is 0 Å². The predicted octanol–water partition coefficient (Wildman–Crippen LogP) is 0.686. The predicted molar refractivity (Wildman–Crippen MR) is 196 cm³/mol. The van der Waals surface area contributed by atoms with Crippen molar-refractivity contribution in [3.8, 4) is 11.5 Å². The van der Waals surface area contributed by atoms with Gasteiger partial charge in [0.05, 0.1) is 34.3 Å². The lowest BCUT2D eigenvalue weighted by Gasteiger charge is -2.26. The molecule has 1 aliphatic carbocycles. The number of ketones is 2. The third-order valence-corrected chi connectivity index (χ3v) is 8.56. The van der Waals surface area contributed by atoms with Crippen LogP contribution in [0.3, 0.4) is 0 Å². The van der Waals surface area contributed by atoms with E-state index in [0.29, 0.717) is 12.8 Å². The second-order valence-corrected chi connectivity index (χ2v) is 13.8. The molecule has 0 aromatic heterocycles. The Kier molecular flexibility index (Phi) is 14.5. The van der Waals surface area contributed by atoms with Crippen molar-refractivity contribution in [3.63, 3.8) is 0 Å². The number of aromatic hydroxyl groups is 2. The average molecular weight is 725 g/mol. The Bertz CT molecular complexity index is 1560. The van der Waals surface area contributed by atoms with Crippen LogP contribution in [0.15, 0.2) is 24.3 Å². The molecule has 2 aromatic rings. The molecule has 4 atom stereocenters. The van der Waals surface area contributed by atoms with Crippen molar-refractivity contribution in [2.75, 3.05) is 36.8 Å². The number of benzene rings is 2. The number of primary amides is 2. The first kappa shape index (κ1) is 41.2. The van der Waals surface area contributed by atoms with E-state index in [9.17, 15) is 39.0 Å². The van der Waals surface area contributed by atoms with Gasteiger partial charge in [0, 0.05) is 37.6 Å². The fourth-order valence-corrected chi connectivity index (χ4v) is 5.83. The molecule has 0 aliphatic heterocycles. The highest BCUT2D eigenvalue weighted by atomic mass is 16.3. The largest absolute Gasteiger partial charge is 0.507 e. The van der Waals surface area contributed by atoms with Gasteiger partial charge in [-0.05, 0) is 62.8 Å². The standard InChI is InChI=1S/C36H52N8O8/c1-17(2)15-23(35(51)43-19(5)33(37)49)41-13-11-39-21-7-8-22(28-27(21)31(47)29-25(45)9-10-26(46)30(29)32(28)48)40-12-14-42-24(16-18(3)4)36(52)44-20(6)34(38)50/h7-10,17-20,23-24,39-42,45-46H,11-16H2,1-6H3,(H2,37,49)(H2,38,50)(H,43,51)(H,44,52)/t19-,20-,23-,24-/m0/s1. The lowest BCUT2D eigenvalue weighted by molar-refractivity contribution is -0.128. The molecular weight excluding hydrogens is 672 g/mol. The van der Waals surface area contributed by atoms with Crippen LogP contribution in [0.2, 0.25) is 0 Å². The van der Waals surface area contributed by atoms with Crippen LogP contribution < -0.4 is 43.4 Å². The molecule has 2 aromatic carbocycles. The summed E-state index contributed by atoms with van der Waals surface area (Å²) in [5.74, 6) is -4.05. The minimum Gasteiger partial charge on any atom is -0.507 e. The van der Waals surface area contributed by atoms with Crippen LogP contribution in [0.4, 0.5) is 11.4 Å². The summed E-state index contributed by atoms with van der Waals surface area (Å²) in [5, 5.41) is 39.1. The SMILES string of the molecule is CC(C)C[C@H](NCCNc1ccc(NCCN[C@@H](CC(C)C)C(=O)N[C@@H](C)C(N)=O)c2c1C(=O)c1c(O)ccc(O)c1C2=O)C(=O)N[C@@H](C)C(N)=O. The van der Waals surface area contributed by atoms with Crippen molar-refractivity contribution in [1.82, 2.24) is 21.3 Å². The fraction of sp³-hybridized carbons (Fsp3) is 0.500. The van der Waals surface area contributed by atoms with Crippen molar-refractivity contribution >= 4 is 46.6 Å². The summed E-state index contributed by atoms with van der Waals surface area (Å²) in [6.45, 7) is 11.8. The van der Waals surface area contributed by atoms with Gasteiger partial charge in [-0.25, -0.2) is 0 Å². The zero-order chi connectivity index (χ0) is 38.9. The van der Waals surface area contributed by atoms with E-state index in [-0.39, 0.29) is 83.5 Å². The van der Waals surface area contributed by atoms with Crippen LogP contribution >= 0.6 is 0 Å². The molecular formula is C36H52N8O8. The topological polar surface area (TPSA) is 267 Å². The number of nitrogens with one attached hydrogen (secondary N) is 6. The normalized spacial score (nSPS) is 14.5. The Morgan fingerprint density at radius 2 is 0.923 bits per heavy atom. The fourth-order valence-electron chi connectivity index (χ4n) is 5.83. The van der Waals surface area contributed by atoms with Gasteiger partial charge in [-0.2, -0.15) is 0 Å². The molecule has 16 nitrogen and oxygen atoms in total. The number of hydrogen-bond donors (Lipinski definition) is 10. The summed E-state index contributed by atoms with van der Waals surface area (Å²) in [5.41, 5.74) is 10.5. The lowest BCUT2D eigenvalue weighted by atomic mass is 9.81. The smallest absolute Gasteiger partial charge is 0.239 e. The number of carbonyl (C=O) groups is 6. The molecule has 12 N–H and O–H groups in total. The maximum atomic E-state index is 14.0. The summed E-state index contributed by atoms with van der Waals surface area (Å²) in [4.78, 5) is 76.6. The first-order valence-electron chi connectivity index (χ1n) is 17.4. The van der Waals surface area contributed by atoms with E-state index < -0.39 is 59.0 Å². The van der Waals surface area contributed by atoms with Crippen LogP contribution in [-0.2, 0) is 19.2 Å². The van der Waals surface area contributed by atoms with Gasteiger partial charge < -0.3 is 53.6 Å². The van der Waals surface area contributed by atoms with E-state index in [1.165, 1.54) is 13.8 Å². The van der Waals surface area contributed by atoms with E-state index in [2.05, 4.69) is 31.9 Å². The molecule has 0 radical (unpaired) electrons. The first-order chi connectivity index (χ1) is 24.4. The Morgan fingerprint density at radius 3 is 1.23 bits per heavy atom. The van der Waals surface area contributed by atoms with Gasteiger partial charge in [-0.1, -0.05) is 27.7 Å². The zero-order valence-corrected chi connectivity index (χ0v) is 30.5. The summed E-state index contributed by atoms with van der Waals surface area (Å²) in [6, 6.07) is 2.53. The molecule has 0 bridgehead atoms. The molecule has 0 fully saturated rings. The molecule has 0 heterocycles. The van der Waals surface area contributed by atoms with Gasteiger partial charge in [0.25, 0.3) is 0 Å². The molecule has 0 saturated heterocycles. The van der Waals surface area contributed by atoms with E-state index in [4.69, 9.17) is 11.5 Å². The number of fused-ring (bicyclic) bond motifs is 2. The van der Waals surface area contributed by atoms with Gasteiger partial charge in [-0.3, -0.25) is 28.8 Å². The summed E-state index contributed by atoms with van der Waals surface area (Å²) in [6.07, 6.45) is 0.952. The average Bonchev–Trinajstić information content (AvgIpc) is 3.06. The lowest BCUT2D eigenvalue weighted by Crippen LogP contribution is -2.51. The Hall–Kier alpha value is -5.22. The quantitative estimate of drug-likeness (QED) is 0.0570. The molecule has 1 aliphatic rings. The Morgan fingerprint density at radius 1 is 0.577 bits per heavy atom. The molecule has 0 spiro atoms. The van der Waals surface area contributed by atoms with Crippen molar-refractivity contribution < 1.29 is 39.0 Å². The molecule has 3 rings (SSSR count). The van der Waals surface area contributed by atoms with Crippen molar-refractivity contribution in [2.24, 2.45) is 23.3 Å². The second kappa shape index (κ2) is 18.3. The van der Waals surface area contributed by atoms with Gasteiger partial charge in [0.15, 0.2) is 0 Å². The third-order valence-electron chi connectivity index (χ3n) is 8.56. The molecule has 52 heavy (non-hydrogen) atoms. The maximum Gasteiger partial charge on any atom is 0.239 e. The monoisotopic (exact) mass is 724 g/mol. The highest BCUT2D eigenvalue weighted by Crippen LogP contribution is 2.42. The van der Waals surface area contributed by atoms with Gasteiger partial charge in [0.2, 0.25) is 35.2 Å². The molecule has 16 heteroatoms. The van der Waals surface area contributed by atoms with Crippen LogP contribution in [0.5, 0.6) is 11.5 Å². The van der Waals surface area contributed by atoms with E-state index in [1.54, 1.807) is 12.1 Å². The number of phenolic OH excluding ortho intramolecular Hbond substituents is 2. The number of amides is 4. The Labute approximate surface area is 303 Å². The van der Waals surface area contributed by atoms with Gasteiger partial charge in [0.1, 0.15) is 23.6 Å². The number of phenols is 2. The van der Waals surface area contributed by atoms with Crippen LogP contribution in [0.1, 0.15) is 86.2 Å². The Balaban J connectivity index is 1.84. The number of anilines is 2. The van der Waals surface area contributed by atoms with E-state index in [0.717, 1.165) is 12.1 Å². The minimum absolute atomic E-state index is 0.0133. The van der Waals surface area contributed by atoms with Gasteiger partial charge >= 0.3 is 0 Å². The minimum atomic E-state index is -0.850. The second-order valence-electron chi connectivity index (χ2n) is 13.8. The van der Waals surface area contributed by atoms with E-state index in [1.807, 2.05) is 27.7 Å². The first-order valence-corrected chi connectivity index (χ1v) is 17.4. The van der Waals surface area contributed by atoms with E-state index >= 15 is 0 Å². The summed E-state index contributed by atoms with van der Waals surface area (Å²) < 4.78 is 0. The molecule has 4 amide bonds. The summed E-state index contributed by atoms with van der Waals surface area (Å²) >= 11 is 0.